The van der Waals surface area contributed by atoms with E-state index in [1.54, 1.807) is 0 Å². The molecule has 0 fully saturated rings. The SMILES string of the molecule is Cc1ccc(-c2nc3c(nc2-c2ccc(C)cc2)N(CCCCCCC(=O)NS(C)(=O)=O)CC[C@H]3O)cc1. The summed E-state index contributed by atoms with van der Waals surface area (Å²) in [6, 6.07) is 16.5. The highest BCUT2D eigenvalue weighted by atomic mass is 32.2. The van der Waals surface area contributed by atoms with E-state index < -0.39 is 22.0 Å². The molecule has 3 aromatic rings. The summed E-state index contributed by atoms with van der Waals surface area (Å²) in [6.07, 6.45) is 4.35. The number of amides is 1. The van der Waals surface area contributed by atoms with Gasteiger partial charge in [0.1, 0.15) is 11.8 Å². The Kier molecular flexibility index (Phi) is 8.79. The lowest BCUT2D eigenvalue weighted by atomic mass is 10.00. The van der Waals surface area contributed by atoms with Crippen LogP contribution in [0.2, 0.25) is 0 Å². The fraction of sp³-hybridized carbons (Fsp3) is 0.414. The van der Waals surface area contributed by atoms with Gasteiger partial charge in [0.15, 0.2) is 5.82 Å². The highest BCUT2D eigenvalue weighted by molar-refractivity contribution is 7.89. The van der Waals surface area contributed by atoms with Crippen LogP contribution in [0.4, 0.5) is 5.82 Å². The predicted molar refractivity (Wildman–Crippen MR) is 150 cm³/mol. The van der Waals surface area contributed by atoms with Crippen molar-refractivity contribution < 1.29 is 18.3 Å². The van der Waals surface area contributed by atoms with Crippen LogP contribution in [0.1, 0.15) is 61.4 Å². The van der Waals surface area contributed by atoms with E-state index in [0.717, 1.165) is 60.4 Å². The standard InChI is InChI=1S/C29H36N4O4S/c1-20-9-13-22(14-10-20)26-27(23-15-11-21(2)12-16-23)31-29-28(30-26)24(34)17-19-33(29)18-7-5-4-6-8-25(35)32-38(3,36)37/h9-16,24,34H,4-8,17-19H2,1-3H3,(H,32,35)/t24-/m1/s1. The molecule has 1 aliphatic rings. The number of unbranched alkanes of at least 4 members (excludes halogenated alkanes) is 3. The molecular weight excluding hydrogens is 500 g/mol. The number of aryl methyl sites for hydroxylation is 2. The van der Waals surface area contributed by atoms with Crippen LogP contribution >= 0.6 is 0 Å². The molecule has 2 aromatic carbocycles. The molecule has 202 valence electrons. The number of hydrogen-bond donors (Lipinski definition) is 2. The van der Waals surface area contributed by atoms with Gasteiger partial charge in [-0.3, -0.25) is 9.52 Å². The van der Waals surface area contributed by atoms with Crippen LogP contribution in [0.25, 0.3) is 22.5 Å². The number of nitrogens with zero attached hydrogens (tertiary/aromatic N) is 3. The molecule has 0 saturated heterocycles. The third-order valence-electron chi connectivity index (χ3n) is 6.72. The molecule has 1 aliphatic heterocycles. The van der Waals surface area contributed by atoms with Gasteiger partial charge < -0.3 is 10.0 Å². The highest BCUT2D eigenvalue weighted by Crippen LogP contribution is 2.38. The molecule has 0 radical (unpaired) electrons. The van der Waals surface area contributed by atoms with Crippen LogP contribution in [0, 0.1) is 13.8 Å². The number of aliphatic hydroxyl groups excluding tert-OH is 1. The van der Waals surface area contributed by atoms with Gasteiger partial charge in [-0.2, -0.15) is 0 Å². The minimum Gasteiger partial charge on any atom is -0.387 e. The lowest BCUT2D eigenvalue weighted by Gasteiger charge is -2.33. The third-order valence-corrected chi connectivity index (χ3v) is 7.32. The first-order valence-corrected chi connectivity index (χ1v) is 15.0. The van der Waals surface area contributed by atoms with Gasteiger partial charge in [-0.15, -0.1) is 0 Å². The quantitative estimate of drug-likeness (QED) is 0.361. The minimum atomic E-state index is -3.51. The summed E-state index contributed by atoms with van der Waals surface area (Å²) in [5.74, 6) is 0.262. The number of anilines is 1. The molecule has 2 heterocycles. The predicted octanol–water partition coefficient (Wildman–Crippen LogP) is 4.70. The van der Waals surface area contributed by atoms with Gasteiger partial charge in [-0.25, -0.2) is 18.4 Å². The van der Waals surface area contributed by atoms with E-state index in [0.29, 0.717) is 25.1 Å². The van der Waals surface area contributed by atoms with Crippen LogP contribution in [0.15, 0.2) is 48.5 Å². The van der Waals surface area contributed by atoms with E-state index in [-0.39, 0.29) is 6.42 Å². The molecule has 2 N–H and O–H groups in total. The van der Waals surface area contributed by atoms with E-state index in [9.17, 15) is 18.3 Å². The fourth-order valence-corrected chi connectivity index (χ4v) is 5.17. The van der Waals surface area contributed by atoms with Gasteiger partial charge in [0.25, 0.3) is 0 Å². The second kappa shape index (κ2) is 12.0. The van der Waals surface area contributed by atoms with Crippen molar-refractivity contribution in [2.45, 2.75) is 58.5 Å². The Bertz CT molecular complexity index is 1370. The fourth-order valence-electron chi connectivity index (χ4n) is 4.66. The second-order valence-electron chi connectivity index (χ2n) is 10.1. The number of aliphatic hydroxyl groups is 1. The molecular formula is C29H36N4O4S. The smallest absolute Gasteiger partial charge is 0.233 e. The molecule has 38 heavy (non-hydrogen) atoms. The van der Waals surface area contributed by atoms with Crippen LogP contribution in [0.3, 0.4) is 0 Å². The van der Waals surface area contributed by atoms with Gasteiger partial charge >= 0.3 is 0 Å². The third kappa shape index (κ3) is 7.17. The number of sulfonamides is 1. The number of nitrogens with one attached hydrogen (secondary N) is 1. The van der Waals surface area contributed by atoms with Crippen LogP contribution in [-0.2, 0) is 14.8 Å². The largest absolute Gasteiger partial charge is 0.387 e. The normalized spacial score (nSPS) is 15.3. The maximum absolute atomic E-state index is 11.7. The number of fused-ring (bicyclic) bond motifs is 1. The number of benzene rings is 2. The maximum Gasteiger partial charge on any atom is 0.233 e. The van der Waals surface area contributed by atoms with E-state index in [1.807, 2.05) is 16.9 Å². The van der Waals surface area contributed by atoms with E-state index in [4.69, 9.17) is 9.97 Å². The Balaban J connectivity index is 1.52. The highest BCUT2D eigenvalue weighted by Gasteiger charge is 2.29. The number of carbonyl (C=O) groups excluding carboxylic acids is 1. The van der Waals surface area contributed by atoms with Crippen molar-refractivity contribution in [2.75, 3.05) is 24.2 Å². The average molecular weight is 537 g/mol. The van der Waals surface area contributed by atoms with Crippen molar-refractivity contribution in [3.8, 4) is 22.5 Å². The van der Waals surface area contributed by atoms with Gasteiger partial charge in [0.2, 0.25) is 15.9 Å². The Hall–Kier alpha value is -3.30. The Morgan fingerprint density at radius 3 is 2.05 bits per heavy atom. The van der Waals surface area contributed by atoms with Gasteiger partial charge in [-0.1, -0.05) is 72.5 Å². The summed E-state index contributed by atoms with van der Waals surface area (Å²) in [5, 5.41) is 10.9. The topological polar surface area (TPSA) is 112 Å². The summed E-state index contributed by atoms with van der Waals surface area (Å²) in [7, 11) is -3.51. The number of hydrogen-bond acceptors (Lipinski definition) is 7. The summed E-state index contributed by atoms with van der Waals surface area (Å²) in [4.78, 5) is 24.0. The zero-order valence-electron chi connectivity index (χ0n) is 22.3. The van der Waals surface area contributed by atoms with Crippen molar-refractivity contribution in [3.05, 3.63) is 65.4 Å². The van der Waals surface area contributed by atoms with E-state index in [2.05, 4.69) is 55.1 Å². The van der Waals surface area contributed by atoms with Crippen LogP contribution in [0.5, 0.6) is 0 Å². The number of carbonyl (C=O) groups is 1. The maximum atomic E-state index is 11.7. The molecule has 9 heteroatoms. The average Bonchev–Trinajstić information content (AvgIpc) is 2.87. The van der Waals surface area contributed by atoms with E-state index in [1.165, 1.54) is 11.1 Å². The molecule has 1 aromatic heterocycles. The van der Waals surface area contributed by atoms with Gasteiger partial charge in [0.05, 0.1) is 17.6 Å². The van der Waals surface area contributed by atoms with E-state index >= 15 is 0 Å². The molecule has 1 atom stereocenters. The Morgan fingerprint density at radius 2 is 1.47 bits per heavy atom. The molecule has 0 bridgehead atoms. The Labute approximate surface area is 225 Å². The minimum absolute atomic E-state index is 0.193. The Morgan fingerprint density at radius 1 is 0.921 bits per heavy atom. The van der Waals surface area contributed by atoms with Crippen LogP contribution < -0.4 is 9.62 Å². The lowest BCUT2D eigenvalue weighted by Crippen LogP contribution is -2.34. The molecule has 0 spiro atoms. The monoisotopic (exact) mass is 536 g/mol. The second-order valence-corrected chi connectivity index (χ2v) is 11.9. The molecule has 0 unspecified atom stereocenters. The first-order chi connectivity index (χ1) is 18.1. The molecule has 0 aliphatic carbocycles. The van der Waals surface area contributed by atoms with Gasteiger partial charge in [0, 0.05) is 30.6 Å². The first-order valence-electron chi connectivity index (χ1n) is 13.1. The van der Waals surface area contributed by atoms with Crippen molar-refractivity contribution in [1.29, 1.82) is 0 Å². The van der Waals surface area contributed by atoms with Crippen LogP contribution in [-0.4, -0.2) is 48.7 Å². The van der Waals surface area contributed by atoms with Crippen molar-refractivity contribution >= 4 is 21.7 Å². The lowest BCUT2D eigenvalue weighted by molar-refractivity contribution is -0.119. The zero-order valence-corrected chi connectivity index (χ0v) is 23.1. The first kappa shape index (κ1) is 27.7. The zero-order chi connectivity index (χ0) is 27.3. The summed E-state index contributed by atoms with van der Waals surface area (Å²) in [5.41, 5.74) is 6.45. The molecule has 8 nitrogen and oxygen atoms in total. The van der Waals surface area contributed by atoms with Gasteiger partial charge in [-0.05, 0) is 33.1 Å². The van der Waals surface area contributed by atoms with Crippen molar-refractivity contribution in [3.63, 3.8) is 0 Å². The summed E-state index contributed by atoms with van der Waals surface area (Å²) >= 11 is 0. The van der Waals surface area contributed by atoms with Crippen molar-refractivity contribution in [2.24, 2.45) is 0 Å². The molecule has 0 saturated carbocycles. The van der Waals surface area contributed by atoms with Crippen molar-refractivity contribution in [1.82, 2.24) is 14.7 Å². The number of rotatable bonds is 10. The molecule has 1 amide bonds. The summed E-state index contributed by atoms with van der Waals surface area (Å²) in [6.45, 7) is 5.56. The summed E-state index contributed by atoms with van der Waals surface area (Å²) < 4.78 is 24.3. The molecule has 4 rings (SSSR count). The number of aromatic nitrogens is 2.